The van der Waals surface area contributed by atoms with Gasteiger partial charge in [-0.1, -0.05) is 24.8 Å². The van der Waals surface area contributed by atoms with E-state index in [1.54, 1.807) is 73.1 Å². The van der Waals surface area contributed by atoms with Gasteiger partial charge in [-0.25, -0.2) is 0 Å². The first kappa shape index (κ1) is 23.2. The molecular weight excluding hydrogens is 460 g/mol. The van der Waals surface area contributed by atoms with Gasteiger partial charge in [0, 0.05) is 24.5 Å². The Kier molecular flexibility index (Phi) is 6.40. The maximum absolute atomic E-state index is 13.3. The van der Waals surface area contributed by atoms with Gasteiger partial charge in [0.2, 0.25) is 0 Å². The molecule has 36 heavy (non-hydrogen) atoms. The first-order valence-corrected chi connectivity index (χ1v) is 11.5. The maximum Gasteiger partial charge on any atom is 0.295 e. The number of aliphatic hydroxyl groups excluding tert-OH is 1. The molecule has 8 nitrogen and oxygen atoms in total. The van der Waals surface area contributed by atoms with Gasteiger partial charge < -0.3 is 24.2 Å². The summed E-state index contributed by atoms with van der Waals surface area (Å²) < 4.78 is 16.9. The average Bonchev–Trinajstić information content (AvgIpc) is 3.17. The summed E-state index contributed by atoms with van der Waals surface area (Å²) in [7, 11) is 0. The van der Waals surface area contributed by atoms with Gasteiger partial charge in [0.15, 0.2) is 11.5 Å². The molecule has 3 aromatic rings. The van der Waals surface area contributed by atoms with Crippen molar-refractivity contribution in [2.75, 3.05) is 19.8 Å². The van der Waals surface area contributed by atoms with E-state index in [0.717, 1.165) is 5.56 Å². The number of fused-ring (bicyclic) bond motifs is 1. The summed E-state index contributed by atoms with van der Waals surface area (Å²) in [5.41, 5.74) is 1.77. The minimum atomic E-state index is -0.835. The molecule has 1 atom stereocenters. The van der Waals surface area contributed by atoms with E-state index in [0.29, 0.717) is 48.2 Å². The molecule has 2 aromatic carbocycles. The van der Waals surface area contributed by atoms with E-state index in [4.69, 9.17) is 14.2 Å². The second-order valence-corrected chi connectivity index (χ2v) is 8.31. The maximum atomic E-state index is 13.3. The van der Waals surface area contributed by atoms with Crippen molar-refractivity contribution in [3.8, 4) is 17.2 Å². The van der Waals surface area contributed by atoms with Crippen molar-refractivity contribution in [3.05, 3.63) is 102 Å². The predicted octanol–water partition coefficient (Wildman–Crippen LogP) is 4.04. The van der Waals surface area contributed by atoms with Crippen LogP contribution in [0.2, 0.25) is 0 Å². The fourth-order valence-corrected chi connectivity index (χ4v) is 4.35. The molecule has 2 aliphatic heterocycles. The van der Waals surface area contributed by atoms with Crippen molar-refractivity contribution < 1.29 is 28.9 Å². The summed E-state index contributed by atoms with van der Waals surface area (Å²) in [5, 5.41) is 11.4. The summed E-state index contributed by atoms with van der Waals surface area (Å²) in [6, 6.07) is 14.8. The summed E-state index contributed by atoms with van der Waals surface area (Å²) in [6.45, 7) is 4.94. The molecule has 8 heteroatoms. The molecule has 1 saturated heterocycles. The van der Waals surface area contributed by atoms with Crippen LogP contribution in [0.1, 0.15) is 22.7 Å². The lowest BCUT2D eigenvalue weighted by Gasteiger charge is -2.26. The van der Waals surface area contributed by atoms with E-state index in [2.05, 4.69) is 11.6 Å². The van der Waals surface area contributed by atoms with E-state index in [-0.39, 0.29) is 17.9 Å². The third-order valence-corrected chi connectivity index (χ3v) is 6.00. The standard InChI is InChI=1S/C28H24N2O6/c1-2-12-34-21-5-3-4-19(15-21)25-24(26(31)20-6-7-22-23(16-20)36-14-13-35-22)27(32)28(33)30(25)17-18-8-10-29-11-9-18/h2-11,15-16,25,31H,1,12-14,17H2/b26-24+/t25-/m1/s1. The highest BCUT2D eigenvalue weighted by Gasteiger charge is 2.46. The molecule has 0 spiro atoms. The molecule has 5 rings (SSSR count). The first-order chi connectivity index (χ1) is 17.6. The molecule has 0 radical (unpaired) electrons. The Morgan fingerprint density at radius 2 is 1.86 bits per heavy atom. The van der Waals surface area contributed by atoms with E-state index >= 15 is 0 Å². The molecule has 0 bridgehead atoms. The summed E-state index contributed by atoms with van der Waals surface area (Å²) in [5.74, 6) is -0.175. The van der Waals surface area contributed by atoms with Crippen molar-refractivity contribution in [2.24, 2.45) is 0 Å². The fourth-order valence-electron chi connectivity index (χ4n) is 4.35. The number of nitrogens with zero attached hydrogens (tertiary/aromatic N) is 2. The molecular formula is C28H24N2O6. The second kappa shape index (κ2) is 9.95. The Balaban J connectivity index is 1.62. The predicted molar refractivity (Wildman–Crippen MR) is 132 cm³/mol. The Morgan fingerprint density at radius 1 is 1.08 bits per heavy atom. The number of hydrogen-bond acceptors (Lipinski definition) is 7. The SMILES string of the molecule is C=CCOc1cccc([C@@H]2/C(=C(\O)c3ccc4c(c3)OCCO4)C(=O)C(=O)N2Cc2ccncc2)c1. The number of carbonyl (C=O) groups excluding carboxylic acids is 2. The van der Waals surface area contributed by atoms with Crippen molar-refractivity contribution in [1.29, 1.82) is 0 Å². The number of pyridine rings is 1. The number of ether oxygens (including phenoxy) is 3. The van der Waals surface area contributed by atoms with Gasteiger partial charge in [0.1, 0.15) is 31.3 Å². The number of Topliss-reactive ketones (excluding diaryl/α,β-unsaturated/α-hetero) is 1. The van der Waals surface area contributed by atoms with Crippen LogP contribution in [0.25, 0.3) is 5.76 Å². The number of hydrogen-bond donors (Lipinski definition) is 1. The highest BCUT2D eigenvalue weighted by Crippen LogP contribution is 2.42. The number of rotatable bonds is 7. The average molecular weight is 485 g/mol. The van der Waals surface area contributed by atoms with Crippen molar-refractivity contribution in [1.82, 2.24) is 9.88 Å². The molecule has 0 aliphatic carbocycles. The lowest BCUT2D eigenvalue weighted by molar-refractivity contribution is -0.140. The molecule has 1 fully saturated rings. The topological polar surface area (TPSA) is 98.2 Å². The zero-order valence-electron chi connectivity index (χ0n) is 19.4. The number of amides is 1. The van der Waals surface area contributed by atoms with E-state index in [1.807, 2.05) is 0 Å². The highest BCUT2D eigenvalue weighted by atomic mass is 16.6. The van der Waals surface area contributed by atoms with Gasteiger partial charge in [0.05, 0.1) is 11.6 Å². The van der Waals surface area contributed by atoms with Gasteiger partial charge in [-0.2, -0.15) is 0 Å². The molecule has 1 amide bonds. The number of aliphatic hydroxyl groups is 1. The zero-order valence-corrected chi connectivity index (χ0v) is 19.4. The van der Waals surface area contributed by atoms with Crippen molar-refractivity contribution in [2.45, 2.75) is 12.6 Å². The smallest absolute Gasteiger partial charge is 0.295 e. The largest absolute Gasteiger partial charge is 0.507 e. The van der Waals surface area contributed by atoms with E-state index in [9.17, 15) is 14.7 Å². The highest BCUT2D eigenvalue weighted by molar-refractivity contribution is 6.46. The molecule has 1 N–H and O–H groups in total. The molecule has 3 heterocycles. The van der Waals surface area contributed by atoms with Gasteiger partial charge in [0.25, 0.3) is 11.7 Å². The minimum Gasteiger partial charge on any atom is -0.507 e. The van der Waals surface area contributed by atoms with Crippen LogP contribution in [0.3, 0.4) is 0 Å². The van der Waals surface area contributed by atoms with Crippen LogP contribution in [0.5, 0.6) is 17.2 Å². The van der Waals surface area contributed by atoms with Gasteiger partial charge >= 0.3 is 0 Å². The fraction of sp³-hybridized carbons (Fsp3) is 0.179. The number of ketones is 1. The summed E-state index contributed by atoms with van der Waals surface area (Å²) >= 11 is 0. The van der Waals surface area contributed by atoms with E-state index < -0.39 is 17.7 Å². The molecule has 0 unspecified atom stereocenters. The third-order valence-electron chi connectivity index (χ3n) is 6.00. The van der Waals surface area contributed by atoms with Crippen LogP contribution in [-0.2, 0) is 16.1 Å². The Morgan fingerprint density at radius 3 is 2.64 bits per heavy atom. The van der Waals surface area contributed by atoms with E-state index in [1.165, 1.54) is 4.90 Å². The first-order valence-electron chi connectivity index (χ1n) is 11.5. The van der Waals surface area contributed by atoms with Crippen LogP contribution in [0.4, 0.5) is 0 Å². The molecule has 182 valence electrons. The summed E-state index contributed by atoms with van der Waals surface area (Å²) in [4.78, 5) is 32.1. The Hall–Kier alpha value is -4.59. The Labute approximate surface area is 208 Å². The van der Waals surface area contributed by atoms with Crippen LogP contribution >= 0.6 is 0 Å². The van der Waals surface area contributed by atoms with Crippen molar-refractivity contribution in [3.63, 3.8) is 0 Å². The van der Waals surface area contributed by atoms with Gasteiger partial charge in [-0.15, -0.1) is 0 Å². The number of likely N-dealkylation sites (tertiary alicyclic amines) is 1. The van der Waals surface area contributed by atoms with Gasteiger partial charge in [-0.3, -0.25) is 14.6 Å². The van der Waals surface area contributed by atoms with Crippen LogP contribution in [-0.4, -0.2) is 46.5 Å². The number of carbonyl (C=O) groups is 2. The summed E-state index contributed by atoms with van der Waals surface area (Å²) in [6.07, 6.45) is 4.88. The quantitative estimate of drug-likeness (QED) is 0.234. The zero-order chi connectivity index (χ0) is 25.1. The van der Waals surface area contributed by atoms with Crippen molar-refractivity contribution >= 4 is 17.4 Å². The Bertz CT molecular complexity index is 1350. The number of aromatic nitrogens is 1. The lowest BCUT2D eigenvalue weighted by Crippen LogP contribution is -2.29. The monoisotopic (exact) mass is 484 g/mol. The van der Waals surface area contributed by atoms with Crippen LogP contribution in [0.15, 0.2) is 85.2 Å². The lowest BCUT2D eigenvalue weighted by atomic mass is 9.95. The normalized spacial score (nSPS) is 18.2. The second-order valence-electron chi connectivity index (χ2n) is 8.31. The minimum absolute atomic E-state index is 0.00777. The molecule has 0 saturated carbocycles. The van der Waals surface area contributed by atoms with Crippen LogP contribution in [0, 0.1) is 0 Å². The van der Waals surface area contributed by atoms with Gasteiger partial charge in [-0.05, 0) is 53.6 Å². The molecule has 1 aromatic heterocycles. The van der Waals surface area contributed by atoms with Crippen LogP contribution < -0.4 is 14.2 Å². The molecule has 2 aliphatic rings. The third kappa shape index (κ3) is 4.40. The number of benzene rings is 2.